The molecule has 0 bridgehead atoms. The Kier molecular flexibility index (Phi) is 8.08. The molecular weight excluding hydrogens is 290 g/mol. The van der Waals surface area contributed by atoms with E-state index < -0.39 is 23.4 Å². The van der Waals surface area contributed by atoms with Crippen molar-refractivity contribution in [1.29, 1.82) is 0 Å². The maximum atomic E-state index is 12.1. The lowest BCUT2D eigenvalue weighted by molar-refractivity contribution is -0.158. The Morgan fingerprint density at radius 2 is 1.55 bits per heavy atom. The highest BCUT2D eigenvalue weighted by Gasteiger charge is 2.37. The summed E-state index contributed by atoms with van der Waals surface area (Å²) in [5.74, 6) is -2.09. The third-order valence-corrected chi connectivity index (χ3v) is 3.01. The van der Waals surface area contributed by atoms with E-state index in [9.17, 15) is 14.4 Å². The number of carboxylic acid groups (broad SMARTS) is 1. The van der Waals surface area contributed by atoms with E-state index in [2.05, 4.69) is 5.32 Å². The Hall–Kier alpha value is -1.63. The predicted molar refractivity (Wildman–Crippen MR) is 80.3 cm³/mol. The fourth-order valence-electron chi connectivity index (χ4n) is 2.05. The van der Waals surface area contributed by atoms with Crippen LogP contribution in [0.3, 0.4) is 0 Å². The minimum Gasteiger partial charge on any atom is -0.481 e. The molecule has 0 rings (SSSR count). The molecule has 0 radical (unpaired) electrons. The van der Waals surface area contributed by atoms with E-state index in [0.717, 1.165) is 0 Å². The fraction of sp³-hybridized carbons (Fsp3) is 0.800. The largest absolute Gasteiger partial charge is 0.481 e. The molecular formula is C15H27NO6. The van der Waals surface area contributed by atoms with Gasteiger partial charge in [0, 0.05) is 0 Å². The summed E-state index contributed by atoms with van der Waals surface area (Å²) >= 11 is 0. The van der Waals surface area contributed by atoms with Gasteiger partial charge in [-0.2, -0.15) is 0 Å². The number of likely N-dealkylation sites (N-methyl/N-ethyl adjacent to an activating group) is 1. The maximum Gasteiger partial charge on any atom is 0.326 e. The number of aliphatic carboxylic acids is 1. The SMILES string of the molecule is CNC(C)(CC(C)(C)C)C(=O)OCCOC(=O)CCC(=O)O. The van der Waals surface area contributed by atoms with Crippen LogP contribution in [0.2, 0.25) is 0 Å². The predicted octanol–water partition coefficient (Wildman–Crippen LogP) is 1.35. The first-order valence-corrected chi connectivity index (χ1v) is 7.24. The van der Waals surface area contributed by atoms with E-state index >= 15 is 0 Å². The molecule has 0 heterocycles. The van der Waals surface area contributed by atoms with Crippen molar-refractivity contribution >= 4 is 17.9 Å². The standard InChI is InChI=1S/C15H27NO6/c1-14(2,3)10-15(4,16-5)13(20)22-9-8-21-12(19)7-6-11(17)18/h16H,6-10H2,1-5H3,(H,17,18). The Balaban J connectivity index is 4.16. The van der Waals surface area contributed by atoms with Crippen LogP contribution in [0.4, 0.5) is 0 Å². The number of rotatable bonds is 9. The smallest absolute Gasteiger partial charge is 0.326 e. The van der Waals surface area contributed by atoms with Gasteiger partial charge in [-0.05, 0) is 25.8 Å². The zero-order chi connectivity index (χ0) is 17.4. The number of hydrogen-bond donors (Lipinski definition) is 2. The molecule has 0 aromatic heterocycles. The van der Waals surface area contributed by atoms with Gasteiger partial charge in [0.2, 0.25) is 0 Å². The molecule has 0 aliphatic rings. The van der Waals surface area contributed by atoms with Crippen molar-refractivity contribution in [3.8, 4) is 0 Å². The van der Waals surface area contributed by atoms with Gasteiger partial charge in [0.15, 0.2) is 0 Å². The Bertz CT molecular complexity index is 401. The van der Waals surface area contributed by atoms with Gasteiger partial charge in [-0.25, -0.2) is 0 Å². The fourth-order valence-corrected chi connectivity index (χ4v) is 2.05. The number of nitrogens with one attached hydrogen (secondary N) is 1. The third-order valence-electron chi connectivity index (χ3n) is 3.01. The molecule has 0 fully saturated rings. The van der Waals surface area contributed by atoms with Gasteiger partial charge in [0.05, 0.1) is 12.8 Å². The van der Waals surface area contributed by atoms with Gasteiger partial charge in [-0.15, -0.1) is 0 Å². The summed E-state index contributed by atoms with van der Waals surface area (Å²) in [6, 6.07) is 0. The highest BCUT2D eigenvalue weighted by molar-refractivity contribution is 5.80. The molecule has 0 saturated carbocycles. The average molecular weight is 317 g/mol. The molecule has 0 aliphatic heterocycles. The normalized spacial score (nSPS) is 14.0. The number of hydrogen-bond acceptors (Lipinski definition) is 6. The third kappa shape index (κ3) is 8.61. The van der Waals surface area contributed by atoms with Gasteiger partial charge in [0.1, 0.15) is 18.8 Å². The highest BCUT2D eigenvalue weighted by Crippen LogP contribution is 2.27. The molecule has 0 saturated heterocycles. The second kappa shape index (κ2) is 8.73. The Morgan fingerprint density at radius 1 is 1.00 bits per heavy atom. The van der Waals surface area contributed by atoms with Gasteiger partial charge in [-0.3, -0.25) is 14.4 Å². The number of carboxylic acids is 1. The lowest BCUT2D eigenvalue weighted by Gasteiger charge is -2.33. The summed E-state index contributed by atoms with van der Waals surface area (Å²) < 4.78 is 9.92. The molecule has 0 spiro atoms. The molecule has 7 nitrogen and oxygen atoms in total. The van der Waals surface area contributed by atoms with Gasteiger partial charge >= 0.3 is 17.9 Å². The van der Waals surface area contributed by atoms with Crippen molar-refractivity contribution in [1.82, 2.24) is 5.32 Å². The van der Waals surface area contributed by atoms with Crippen molar-refractivity contribution in [2.24, 2.45) is 5.41 Å². The van der Waals surface area contributed by atoms with Crippen LogP contribution in [0.25, 0.3) is 0 Å². The number of esters is 2. The second-order valence-electron chi connectivity index (χ2n) is 6.57. The van der Waals surface area contributed by atoms with Crippen LogP contribution in [-0.2, 0) is 23.9 Å². The summed E-state index contributed by atoms with van der Waals surface area (Å²) in [6.45, 7) is 7.71. The van der Waals surface area contributed by atoms with E-state index in [1.54, 1.807) is 14.0 Å². The minimum atomic E-state index is -1.06. The minimum absolute atomic E-state index is 0.0555. The van der Waals surface area contributed by atoms with Crippen molar-refractivity contribution in [2.75, 3.05) is 20.3 Å². The summed E-state index contributed by atoms with van der Waals surface area (Å²) in [5, 5.41) is 11.4. The topological polar surface area (TPSA) is 102 Å². The first-order valence-electron chi connectivity index (χ1n) is 7.24. The lowest BCUT2D eigenvalue weighted by Crippen LogP contribution is -2.51. The highest BCUT2D eigenvalue weighted by atomic mass is 16.6. The van der Waals surface area contributed by atoms with Crippen LogP contribution >= 0.6 is 0 Å². The molecule has 1 atom stereocenters. The molecule has 0 aliphatic carbocycles. The van der Waals surface area contributed by atoms with Crippen LogP contribution in [0, 0.1) is 5.41 Å². The quantitative estimate of drug-likeness (QED) is 0.489. The van der Waals surface area contributed by atoms with Crippen LogP contribution in [0.15, 0.2) is 0 Å². The van der Waals surface area contributed by atoms with Gasteiger partial charge in [0.25, 0.3) is 0 Å². The van der Waals surface area contributed by atoms with Crippen molar-refractivity contribution in [3.63, 3.8) is 0 Å². The van der Waals surface area contributed by atoms with Gasteiger partial charge < -0.3 is 19.9 Å². The van der Waals surface area contributed by atoms with Crippen LogP contribution in [0.1, 0.15) is 47.0 Å². The molecule has 22 heavy (non-hydrogen) atoms. The molecule has 0 amide bonds. The molecule has 1 unspecified atom stereocenters. The summed E-state index contributed by atoms with van der Waals surface area (Å²) in [4.78, 5) is 33.6. The van der Waals surface area contributed by atoms with Crippen molar-refractivity contribution in [2.45, 2.75) is 52.5 Å². The molecule has 0 aromatic carbocycles. The summed E-state index contributed by atoms with van der Waals surface area (Å²) in [5.41, 5.74) is -0.869. The number of carbonyl (C=O) groups excluding carboxylic acids is 2. The van der Waals surface area contributed by atoms with E-state index in [4.69, 9.17) is 14.6 Å². The molecule has 2 N–H and O–H groups in total. The summed E-state index contributed by atoms with van der Waals surface area (Å²) in [6.07, 6.45) is 0.122. The zero-order valence-corrected chi connectivity index (χ0v) is 14.0. The number of ether oxygens (including phenoxy) is 2. The maximum absolute atomic E-state index is 12.1. The van der Waals surface area contributed by atoms with Crippen molar-refractivity contribution < 1.29 is 29.0 Å². The van der Waals surface area contributed by atoms with Crippen molar-refractivity contribution in [3.05, 3.63) is 0 Å². The van der Waals surface area contributed by atoms with Crippen LogP contribution < -0.4 is 5.32 Å². The number of carbonyl (C=O) groups is 3. The van der Waals surface area contributed by atoms with E-state index in [1.807, 2.05) is 20.8 Å². The van der Waals surface area contributed by atoms with Gasteiger partial charge in [-0.1, -0.05) is 20.8 Å². The van der Waals surface area contributed by atoms with E-state index in [-0.39, 0.29) is 31.5 Å². The Morgan fingerprint density at radius 3 is 2.00 bits per heavy atom. The lowest BCUT2D eigenvalue weighted by atomic mass is 9.81. The monoisotopic (exact) mass is 317 g/mol. The van der Waals surface area contributed by atoms with E-state index in [0.29, 0.717) is 6.42 Å². The van der Waals surface area contributed by atoms with E-state index in [1.165, 1.54) is 0 Å². The second-order valence-corrected chi connectivity index (χ2v) is 6.57. The van der Waals surface area contributed by atoms with Crippen LogP contribution in [-0.4, -0.2) is 48.8 Å². The first kappa shape index (κ1) is 20.4. The summed E-state index contributed by atoms with van der Waals surface area (Å²) in [7, 11) is 1.69. The Labute approximate surface area is 131 Å². The molecule has 7 heteroatoms. The molecule has 128 valence electrons. The average Bonchev–Trinajstić information content (AvgIpc) is 2.38. The van der Waals surface area contributed by atoms with Crippen LogP contribution in [0.5, 0.6) is 0 Å². The molecule has 0 aromatic rings. The zero-order valence-electron chi connectivity index (χ0n) is 14.0. The first-order chi connectivity index (χ1) is 10.00.